The van der Waals surface area contributed by atoms with E-state index in [2.05, 4.69) is 10.3 Å². The van der Waals surface area contributed by atoms with Crippen molar-refractivity contribution in [1.82, 2.24) is 9.97 Å². The van der Waals surface area contributed by atoms with Crippen molar-refractivity contribution >= 4 is 41.3 Å². The molecular formula is C5H3N4O2S2+. The molecule has 3 N–H and O–H groups in total. The van der Waals surface area contributed by atoms with Crippen molar-refractivity contribution in [2.75, 3.05) is 5.32 Å². The third-order valence-electron chi connectivity index (χ3n) is 1.54. The van der Waals surface area contributed by atoms with E-state index in [1.54, 1.807) is 0 Å². The Kier molecular flexibility index (Phi) is 1.60. The molecule has 0 aromatic carbocycles. The summed E-state index contributed by atoms with van der Waals surface area (Å²) in [6.07, 6.45) is 0. The molecule has 2 rings (SSSR count). The maximum Gasteiger partial charge on any atom is 0.368 e. The van der Waals surface area contributed by atoms with Gasteiger partial charge in [0.2, 0.25) is 0 Å². The average molecular weight is 215 g/mol. The Morgan fingerprint density at radius 3 is 2.62 bits per heavy atom. The topological polar surface area (TPSA) is 80.8 Å². The Morgan fingerprint density at radius 1 is 1.23 bits per heavy atom. The zero-order valence-corrected chi connectivity index (χ0v) is 7.71. The van der Waals surface area contributed by atoms with Gasteiger partial charge in [0.05, 0.1) is 0 Å². The third-order valence-corrected chi connectivity index (χ3v) is 2.30. The van der Waals surface area contributed by atoms with Gasteiger partial charge < -0.3 is 0 Å². The molecule has 1 aliphatic rings. The second-order valence-corrected chi connectivity index (χ2v) is 3.11. The molecule has 6 nitrogen and oxygen atoms in total. The van der Waals surface area contributed by atoms with Crippen LogP contribution >= 0.6 is 12.2 Å². The van der Waals surface area contributed by atoms with E-state index < -0.39 is 11.2 Å². The standard InChI is InChI=1S/C5H2N4O2S2/c10-3-1-2(6-4(11)8-3)7-5(12)9(1)13/h(H2-,6,7,8,10,11,12,13)/p+1. The Morgan fingerprint density at radius 2 is 1.92 bits per heavy atom. The van der Waals surface area contributed by atoms with Crippen molar-refractivity contribution in [2.45, 2.75) is 0 Å². The summed E-state index contributed by atoms with van der Waals surface area (Å²) in [5.74, 6) is 0.244. The molecule has 0 fully saturated rings. The SMILES string of the molecule is O=c1[nH]c2c(c(=O)[nH]1)[N+](=S)C(=S)N2. The fraction of sp³-hybridized carbons (Fsp3) is 0. The van der Waals surface area contributed by atoms with Gasteiger partial charge in [0.25, 0.3) is 11.5 Å². The van der Waals surface area contributed by atoms with Crippen molar-refractivity contribution in [3.63, 3.8) is 0 Å². The number of nitrogens with zero attached hydrogens (tertiary/aromatic N) is 1. The van der Waals surface area contributed by atoms with Crippen molar-refractivity contribution in [1.29, 1.82) is 0 Å². The van der Waals surface area contributed by atoms with Gasteiger partial charge in [-0.25, -0.2) is 10.1 Å². The van der Waals surface area contributed by atoms with Gasteiger partial charge in [-0.3, -0.25) is 14.8 Å². The minimum atomic E-state index is -0.593. The van der Waals surface area contributed by atoms with Crippen LogP contribution in [0.1, 0.15) is 0 Å². The molecule has 0 aliphatic carbocycles. The van der Waals surface area contributed by atoms with E-state index in [4.69, 9.17) is 24.6 Å². The number of H-pyrrole nitrogens is 2. The Balaban J connectivity index is 2.86. The molecule has 1 aromatic heterocycles. The van der Waals surface area contributed by atoms with Crippen LogP contribution < -0.4 is 16.6 Å². The number of hydrogen-bond acceptors (Lipinski definition) is 4. The number of aromatic nitrogens is 2. The molecule has 2 heterocycles. The van der Waals surface area contributed by atoms with E-state index >= 15 is 0 Å². The molecule has 8 heteroatoms. The van der Waals surface area contributed by atoms with Crippen LogP contribution in [0.3, 0.4) is 0 Å². The smallest absolute Gasteiger partial charge is 0.270 e. The van der Waals surface area contributed by atoms with E-state index in [0.717, 1.165) is 3.95 Å². The second-order valence-electron chi connectivity index (χ2n) is 2.36. The average Bonchev–Trinajstić information content (AvgIpc) is 2.27. The number of hydrogen-bond donors (Lipinski definition) is 3. The predicted octanol–water partition coefficient (Wildman–Crippen LogP) is -0.852. The molecule has 0 radical (unpaired) electrons. The fourth-order valence-electron chi connectivity index (χ4n) is 1.02. The van der Waals surface area contributed by atoms with Crippen molar-refractivity contribution in [3.8, 4) is 0 Å². The number of aromatic amines is 2. The van der Waals surface area contributed by atoms with Gasteiger partial charge in [-0.1, -0.05) is 0 Å². The molecule has 1 aromatic rings. The lowest BCUT2D eigenvalue weighted by atomic mass is 10.5. The van der Waals surface area contributed by atoms with Gasteiger partial charge in [-0.15, -0.1) is 3.95 Å². The molecule has 0 saturated carbocycles. The lowest BCUT2D eigenvalue weighted by molar-refractivity contribution is -0.258. The van der Waals surface area contributed by atoms with Crippen LogP contribution in [-0.4, -0.2) is 19.0 Å². The van der Waals surface area contributed by atoms with Gasteiger partial charge in [-0.2, -0.15) is 0 Å². The highest BCUT2D eigenvalue weighted by molar-refractivity contribution is 7.80. The first-order valence-corrected chi connectivity index (χ1v) is 4.02. The van der Waals surface area contributed by atoms with Crippen LogP contribution in [0, 0.1) is 0 Å². The summed E-state index contributed by atoms with van der Waals surface area (Å²) in [6, 6.07) is 0. The summed E-state index contributed by atoms with van der Waals surface area (Å²) >= 11 is 9.58. The van der Waals surface area contributed by atoms with Crippen molar-refractivity contribution < 1.29 is 3.95 Å². The van der Waals surface area contributed by atoms with E-state index in [0.29, 0.717) is 0 Å². The minimum absolute atomic E-state index is 0.152. The molecule has 66 valence electrons. The third kappa shape index (κ3) is 1.11. The molecule has 1 aliphatic heterocycles. The molecule has 0 bridgehead atoms. The molecule has 0 amide bonds. The lowest BCUT2D eigenvalue weighted by Gasteiger charge is -1.86. The zero-order valence-electron chi connectivity index (χ0n) is 6.08. The first-order valence-electron chi connectivity index (χ1n) is 3.24. The van der Waals surface area contributed by atoms with E-state index in [9.17, 15) is 9.59 Å². The quantitative estimate of drug-likeness (QED) is 0.388. The summed E-state index contributed by atoms with van der Waals surface area (Å²) in [5, 5.41) is 2.81. The molecule has 0 spiro atoms. The summed E-state index contributed by atoms with van der Waals surface area (Å²) < 4.78 is 1.08. The summed E-state index contributed by atoms with van der Waals surface area (Å²) in [5.41, 5.74) is -0.995. The molecule has 0 unspecified atom stereocenters. The fourth-order valence-corrected chi connectivity index (χ4v) is 1.44. The first kappa shape index (κ1) is 8.20. The van der Waals surface area contributed by atoms with E-state index in [-0.39, 0.29) is 16.6 Å². The van der Waals surface area contributed by atoms with Gasteiger partial charge in [0, 0.05) is 12.2 Å². The van der Waals surface area contributed by atoms with Gasteiger partial charge in [-0.05, 0) is 0 Å². The van der Waals surface area contributed by atoms with E-state index in [1.165, 1.54) is 0 Å². The van der Waals surface area contributed by atoms with Crippen LogP contribution in [0.2, 0.25) is 0 Å². The number of nitrogens with one attached hydrogen (secondary N) is 3. The number of anilines is 1. The summed E-state index contributed by atoms with van der Waals surface area (Å²) in [7, 11) is 0. The second kappa shape index (κ2) is 2.54. The molecule has 0 atom stereocenters. The van der Waals surface area contributed by atoms with Crippen LogP contribution in [0.4, 0.5) is 11.5 Å². The summed E-state index contributed by atoms with van der Waals surface area (Å²) in [6.45, 7) is 0. The van der Waals surface area contributed by atoms with Gasteiger partial charge in [0.15, 0.2) is 12.4 Å². The molecule has 13 heavy (non-hydrogen) atoms. The lowest BCUT2D eigenvalue weighted by Crippen LogP contribution is -2.23. The summed E-state index contributed by atoms with van der Waals surface area (Å²) in [4.78, 5) is 26.4. The van der Waals surface area contributed by atoms with Crippen molar-refractivity contribution in [3.05, 3.63) is 20.8 Å². The van der Waals surface area contributed by atoms with Gasteiger partial charge >= 0.3 is 16.4 Å². The maximum atomic E-state index is 11.2. The highest BCUT2D eigenvalue weighted by atomic mass is 32.1. The predicted molar refractivity (Wildman–Crippen MR) is 51.2 cm³/mol. The van der Waals surface area contributed by atoms with Gasteiger partial charge in [0.1, 0.15) is 0 Å². The van der Waals surface area contributed by atoms with Crippen LogP contribution in [0.25, 0.3) is 0 Å². The minimum Gasteiger partial charge on any atom is -0.270 e. The maximum absolute atomic E-state index is 11.2. The van der Waals surface area contributed by atoms with Crippen molar-refractivity contribution in [2.24, 2.45) is 0 Å². The largest absolute Gasteiger partial charge is 0.368 e. The molecule has 0 saturated heterocycles. The number of fused-ring (bicyclic) bond motifs is 1. The number of rotatable bonds is 0. The Bertz CT molecular complexity index is 528. The number of thiocarbonyl (C=S) groups is 1. The highest BCUT2D eigenvalue weighted by Gasteiger charge is 2.33. The normalized spacial score (nSPS) is 14.2. The van der Waals surface area contributed by atoms with Crippen LogP contribution in [-0.2, 0) is 12.4 Å². The van der Waals surface area contributed by atoms with Crippen LogP contribution in [0.5, 0.6) is 0 Å². The highest BCUT2D eigenvalue weighted by Crippen LogP contribution is 2.21. The monoisotopic (exact) mass is 215 g/mol. The van der Waals surface area contributed by atoms with Crippen LogP contribution in [0.15, 0.2) is 9.59 Å². The Labute approximate surface area is 81.8 Å². The zero-order chi connectivity index (χ0) is 9.59. The van der Waals surface area contributed by atoms with E-state index in [1.807, 2.05) is 4.98 Å². The first-order chi connectivity index (χ1) is 6.09. The molecular weight excluding hydrogens is 212 g/mol. The Hall–Kier alpha value is -1.41.